The summed E-state index contributed by atoms with van der Waals surface area (Å²) in [5.41, 5.74) is 0.706. The fraction of sp³-hybridized carbons (Fsp3) is 0.143. The molecule has 2 nitrogen and oxygen atoms in total. The van der Waals surface area contributed by atoms with Gasteiger partial charge in [-0.1, -0.05) is 0 Å². The normalized spacial score (nSPS) is 28.1. The average Bonchev–Trinajstić information content (AvgIpc) is 2.31. The summed E-state index contributed by atoms with van der Waals surface area (Å²) in [5.74, 6) is -0.147. The van der Waals surface area contributed by atoms with Crippen molar-refractivity contribution in [1.29, 1.82) is 0 Å². The van der Waals surface area contributed by atoms with Crippen molar-refractivity contribution < 1.29 is 4.79 Å². The number of carbonyl (C=O) groups is 1. The maximum Gasteiger partial charge on any atom is 0.277 e. The Labute approximate surface area is 73.9 Å². The smallest absolute Gasteiger partial charge is 0.267 e. The van der Waals surface area contributed by atoms with Crippen LogP contribution in [0.15, 0.2) is 27.6 Å². The Kier molecular flexibility index (Phi) is 1.65. The van der Waals surface area contributed by atoms with Crippen LogP contribution in [0.5, 0.6) is 0 Å². The van der Waals surface area contributed by atoms with Crippen LogP contribution in [0.25, 0.3) is 0 Å². The summed E-state index contributed by atoms with van der Waals surface area (Å²) in [6.45, 7) is 0. The van der Waals surface area contributed by atoms with E-state index in [-0.39, 0.29) is 10.5 Å². The van der Waals surface area contributed by atoms with E-state index < -0.39 is 0 Å². The average molecular weight is 183 g/mol. The highest BCUT2D eigenvalue weighted by molar-refractivity contribution is 8.13. The van der Waals surface area contributed by atoms with Gasteiger partial charge < -0.3 is 0 Å². The van der Waals surface area contributed by atoms with E-state index in [2.05, 4.69) is 17.6 Å². The lowest BCUT2D eigenvalue weighted by molar-refractivity contribution is -0.114. The van der Waals surface area contributed by atoms with Crippen molar-refractivity contribution in [3.8, 4) is 0 Å². The van der Waals surface area contributed by atoms with Crippen molar-refractivity contribution in [2.75, 3.05) is 0 Å². The number of hydrogen-bond donors (Lipinski definition) is 1. The van der Waals surface area contributed by atoms with Gasteiger partial charge in [0.05, 0.1) is 10.2 Å². The Morgan fingerprint density at radius 2 is 2.45 bits per heavy atom. The molecule has 0 bridgehead atoms. The predicted octanol–water partition coefficient (Wildman–Crippen LogP) is 1.41. The van der Waals surface area contributed by atoms with Crippen molar-refractivity contribution in [3.05, 3.63) is 22.6 Å². The molecule has 1 atom stereocenters. The molecule has 0 radical (unpaired) electrons. The minimum atomic E-state index is -0.147. The summed E-state index contributed by atoms with van der Waals surface area (Å²) in [6.07, 6.45) is 5.21. The van der Waals surface area contributed by atoms with Crippen LogP contribution in [0.3, 0.4) is 0 Å². The van der Waals surface area contributed by atoms with E-state index in [9.17, 15) is 4.79 Å². The molecule has 1 unspecified atom stereocenters. The van der Waals surface area contributed by atoms with Crippen LogP contribution in [-0.2, 0) is 4.79 Å². The standard InChI is InChI=1S/C7H5NOS2/c9-7-4-3-6(10)11-5(4)1-2-8-7/h1-3,6,10H. The molecular formula is C7H5NOS2. The first kappa shape index (κ1) is 7.18. The first-order valence-corrected chi connectivity index (χ1v) is 4.52. The van der Waals surface area contributed by atoms with E-state index in [0.717, 1.165) is 4.91 Å². The van der Waals surface area contributed by atoms with Gasteiger partial charge in [-0.2, -0.15) is 12.6 Å². The van der Waals surface area contributed by atoms with Gasteiger partial charge in [-0.3, -0.25) is 4.79 Å². The Balaban J connectivity index is 2.44. The molecule has 0 saturated carbocycles. The number of thiol groups is 1. The van der Waals surface area contributed by atoms with Crippen molar-refractivity contribution >= 4 is 36.5 Å². The van der Waals surface area contributed by atoms with Crippen LogP contribution in [-0.4, -0.2) is 16.7 Å². The highest BCUT2D eigenvalue weighted by Crippen LogP contribution is 2.39. The molecule has 56 valence electrons. The summed E-state index contributed by atoms with van der Waals surface area (Å²) in [7, 11) is 0. The summed E-state index contributed by atoms with van der Waals surface area (Å²) < 4.78 is 0.113. The molecule has 0 aliphatic carbocycles. The van der Waals surface area contributed by atoms with Crippen molar-refractivity contribution in [1.82, 2.24) is 0 Å². The van der Waals surface area contributed by atoms with Gasteiger partial charge >= 0.3 is 0 Å². The molecule has 1 amide bonds. The Hall–Kier alpha value is -0.480. The van der Waals surface area contributed by atoms with Crippen LogP contribution in [0.4, 0.5) is 0 Å². The lowest BCUT2D eigenvalue weighted by Crippen LogP contribution is -2.01. The van der Waals surface area contributed by atoms with Gasteiger partial charge in [0, 0.05) is 11.1 Å². The molecule has 2 aliphatic rings. The fourth-order valence-electron chi connectivity index (χ4n) is 1.00. The third-order valence-electron chi connectivity index (χ3n) is 1.47. The summed E-state index contributed by atoms with van der Waals surface area (Å²) >= 11 is 5.80. The van der Waals surface area contributed by atoms with Crippen LogP contribution in [0.2, 0.25) is 0 Å². The molecule has 0 aromatic carbocycles. The number of aliphatic imine (C=N–C) groups is 1. The molecule has 0 fully saturated rings. The number of nitrogens with zero attached hydrogens (tertiary/aromatic N) is 1. The van der Waals surface area contributed by atoms with Crippen LogP contribution >= 0.6 is 24.4 Å². The third kappa shape index (κ3) is 1.16. The third-order valence-corrected chi connectivity index (χ3v) is 2.92. The van der Waals surface area contributed by atoms with Gasteiger partial charge in [0.1, 0.15) is 0 Å². The topological polar surface area (TPSA) is 29.4 Å². The van der Waals surface area contributed by atoms with Crippen LogP contribution in [0, 0.1) is 0 Å². The second-order valence-electron chi connectivity index (χ2n) is 2.20. The monoisotopic (exact) mass is 183 g/mol. The molecular weight excluding hydrogens is 178 g/mol. The number of thioether (sulfide) groups is 1. The number of rotatable bonds is 0. The van der Waals surface area contributed by atoms with Crippen LogP contribution in [0.1, 0.15) is 0 Å². The van der Waals surface area contributed by atoms with Gasteiger partial charge in [0.25, 0.3) is 5.91 Å². The number of allylic oxidation sites excluding steroid dienone is 1. The predicted molar refractivity (Wildman–Crippen MR) is 50.0 cm³/mol. The second-order valence-corrected chi connectivity index (χ2v) is 4.29. The molecule has 11 heavy (non-hydrogen) atoms. The zero-order valence-corrected chi connectivity index (χ0v) is 7.23. The number of hydrogen-bond acceptors (Lipinski definition) is 3. The van der Waals surface area contributed by atoms with E-state index in [1.807, 2.05) is 12.2 Å². The Morgan fingerprint density at radius 1 is 1.64 bits per heavy atom. The molecule has 0 aromatic rings. The molecule has 0 saturated heterocycles. The van der Waals surface area contributed by atoms with Crippen molar-refractivity contribution in [2.24, 2.45) is 4.99 Å². The first-order chi connectivity index (χ1) is 5.27. The Morgan fingerprint density at radius 3 is 3.18 bits per heavy atom. The van der Waals surface area contributed by atoms with E-state index in [4.69, 9.17) is 0 Å². The number of carbonyl (C=O) groups excluding carboxylic acids is 1. The second kappa shape index (κ2) is 2.53. The zero-order chi connectivity index (χ0) is 7.84. The maximum absolute atomic E-state index is 11.1. The molecule has 0 N–H and O–H groups in total. The summed E-state index contributed by atoms with van der Waals surface area (Å²) in [5, 5.41) is 0. The van der Waals surface area contributed by atoms with Gasteiger partial charge in [-0.15, -0.1) is 11.8 Å². The van der Waals surface area contributed by atoms with Gasteiger partial charge in [-0.05, 0) is 12.2 Å². The van der Waals surface area contributed by atoms with E-state index in [1.54, 1.807) is 11.8 Å². The molecule has 0 aromatic heterocycles. The van der Waals surface area contributed by atoms with E-state index in [1.165, 1.54) is 6.21 Å². The highest BCUT2D eigenvalue weighted by atomic mass is 32.2. The lowest BCUT2D eigenvalue weighted by atomic mass is 10.2. The first-order valence-electron chi connectivity index (χ1n) is 3.13. The van der Waals surface area contributed by atoms with Gasteiger partial charge in [0.2, 0.25) is 0 Å². The minimum absolute atomic E-state index is 0.113. The summed E-state index contributed by atoms with van der Waals surface area (Å²) in [4.78, 5) is 15.7. The highest BCUT2D eigenvalue weighted by Gasteiger charge is 2.25. The zero-order valence-electron chi connectivity index (χ0n) is 5.52. The van der Waals surface area contributed by atoms with Gasteiger partial charge in [0.15, 0.2) is 0 Å². The molecule has 2 heterocycles. The van der Waals surface area contributed by atoms with Crippen LogP contribution < -0.4 is 0 Å². The van der Waals surface area contributed by atoms with Crippen molar-refractivity contribution in [2.45, 2.75) is 4.58 Å². The molecule has 2 rings (SSSR count). The molecule has 2 aliphatic heterocycles. The number of dihydropyridines is 1. The maximum atomic E-state index is 11.1. The largest absolute Gasteiger partial charge is 0.277 e. The quantitative estimate of drug-likeness (QED) is 0.575. The lowest BCUT2D eigenvalue weighted by Gasteiger charge is -2.02. The van der Waals surface area contributed by atoms with Crippen molar-refractivity contribution in [3.63, 3.8) is 0 Å². The van der Waals surface area contributed by atoms with Gasteiger partial charge in [-0.25, -0.2) is 4.99 Å². The van der Waals surface area contributed by atoms with E-state index >= 15 is 0 Å². The number of fused-ring (bicyclic) bond motifs is 1. The van der Waals surface area contributed by atoms with E-state index in [0.29, 0.717) is 5.57 Å². The molecule has 0 spiro atoms. The SMILES string of the molecule is O=C1N=CC=C2SC(S)C=C12. The minimum Gasteiger partial charge on any atom is -0.267 e. The Bertz CT molecular complexity index is 304. The summed E-state index contributed by atoms with van der Waals surface area (Å²) in [6, 6.07) is 0. The fourth-order valence-corrected chi connectivity index (χ4v) is 2.38. The molecule has 4 heteroatoms. The number of amides is 1.